The molecule has 1 heterocycles. The summed E-state index contributed by atoms with van der Waals surface area (Å²) < 4.78 is 13.7. The smallest absolute Gasteiger partial charge is 0.226 e. The van der Waals surface area contributed by atoms with Crippen molar-refractivity contribution in [3.05, 3.63) is 48.0 Å². The third-order valence-electron chi connectivity index (χ3n) is 3.56. The van der Waals surface area contributed by atoms with Gasteiger partial charge in [0.25, 0.3) is 0 Å². The Kier molecular flexibility index (Phi) is 4.10. The second kappa shape index (κ2) is 5.89. The number of hydrogen-bond donors (Lipinski definition) is 1. The van der Waals surface area contributed by atoms with E-state index in [0.29, 0.717) is 19.4 Å². The molecule has 3 rings (SSSR count). The summed E-state index contributed by atoms with van der Waals surface area (Å²) >= 11 is 11.7. The van der Waals surface area contributed by atoms with Gasteiger partial charge in [-0.15, -0.1) is 23.2 Å². The van der Waals surface area contributed by atoms with E-state index in [4.69, 9.17) is 23.2 Å². The fraction of sp³-hybridized carbons (Fsp3) is 0.333. The Bertz CT molecular complexity index is 684. The third kappa shape index (κ3) is 3.42. The van der Waals surface area contributed by atoms with Crippen LogP contribution in [0.25, 0.3) is 5.69 Å². The number of amides is 1. The second-order valence-corrected chi connectivity index (χ2v) is 6.83. The molecule has 2 aromatic rings. The number of rotatable bonds is 5. The molecule has 0 radical (unpaired) electrons. The van der Waals surface area contributed by atoms with Crippen LogP contribution in [-0.2, 0) is 11.2 Å². The van der Waals surface area contributed by atoms with Gasteiger partial charge >= 0.3 is 0 Å². The van der Waals surface area contributed by atoms with Crippen LogP contribution in [0.3, 0.4) is 0 Å². The van der Waals surface area contributed by atoms with E-state index >= 15 is 0 Å². The highest BCUT2D eigenvalue weighted by atomic mass is 35.5. The average molecular weight is 342 g/mol. The number of carbonyl (C=O) groups is 1. The van der Waals surface area contributed by atoms with E-state index in [2.05, 4.69) is 10.4 Å². The Morgan fingerprint density at radius 3 is 2.68 bits per heavy atom. The highest BCUT2D eigenvalue weighted by molar-refractivity contribution is 6.52. The van der Waals surface area contributed by atoms with Crippen molar-refractivity contribution in [1.82, 2.24) is 15.1 Å². The SMILES string of the molecule is O=C(NCCc1ccn(-c2ccc(F)cc2)n1)[C@H]1CC1(Cl)Cl. The Hall–Kier alpha value is -1.59. The molecule has 1 aliphatic rings. The molecule has 0 aliphatic heterocycles. The lowest BCUT2D eigenvalue weighted by atomic mass is 10.3. The van der Waals surface area contributed by atoms with Crippen molar-refractivity contribution in [3.8, 4) is 5.69 Å². The molecule has 116 valence electrons. The van der Waals surface area contributed by atoms with E-state index in [1.54, 1.807) is 23.0 Å². The standard InChI is InChI=1S/C15H14Cl2FN3O/c16-15(17)9-13(15)14(22)19-7-5-11-6-8-21(20-11)12-3-1-10(18)2-4-12/h1-4,6,8,13H,5,7,9H2,(H,19,22)/t13-/m1/s1. The fourth-order valence-corrected chi connectivity index (χ4v) is 2.67. The topological polar surface area (TPSA) is 46.9 Å². The summed E-state index contributed by atoms with van der Waals surface area (Å²) in [5.41, 5.74) is 1.62. The van der Waals surface area contributed by atoms with Gasteiger partial charge in [-0.25, -0.2) is 9.07 Å². The lowest BCUT2D eigenvalue weighted by Crippen LogP contribution is -2.28. The van der Waals surface area contributed by atoms with Crippen molar-refractivity contribution < 1.29 is 9.18 Å². The van der Waals surface area contributed by atoms with E-state index in [9.17, 15) is 9.18 Å². The molecule has 4 nitrogen and oxygen atoms in total. The zero-order valence-electron chi connectivity index (χ0n) is 11.6. The average Bonchev–Trinajstić information content (AvgIpc) is 2.91. The van der Waals surface area contributed by atoms with Gasteiger partial charge < -0.3 is 5.32 Å². The van der Waals surface area contributed by atoms with Crippen molar-refractivity contribution in [2.45, 2.75) is 17.2 Å². The first-order chi connectivity index (χ1) is 10.5. The molecule has 1 saturated carbocycles. The maximum absolute atomic E-state index is 12.9. The third-order valence-corrected chi connectivity index (χ3v) is 4.39. The van der Waals surface area contributed by atoms with E-state index < -0.39 is 4.33 Å². The molecule has 1 aromatic heterocycles. The quantitative estimate of drug-likeness (QED) is 0.850. The minimum Gasteiger partial charge on any atom is -0.355 e. The van der Waals surface area contributed by atoms with Gasteiger partial charge in [-0.2, -0.15) is 5.10 Å². The minimum absolute atomic E-state index is 0.122. The predicted octanol–water partition coefficient (Wildman–Crippen LogP) is 2.86. The number of benzene rings is 1. The predicted molar refractivity (Wildman–Crippen MR) is 82.8 cm³/mol. The van der Waals surface area contributed by atoms with Crippen molar-refractivity contribution in [2.24, 2.45) is 5.92 Å². The minimum atomic E-state index is -0.895. The first-order valence-corrected chi connectivity index (χ1v) is 7.67. The highest BCUT2D eigenvalue weighted by Gasteiger charge is 2.56. The number of alkyl halides is 2. The van der Waals surface area contributed by atoms with Gasteiger partial charge in [0.15, 0.2) is 0 Å². The number of carbonyl (C=O) groups excluding carboxylic acids is 1. The lowest BCUT2D eigenvalue weighted by molar-refractivity contribution is -0.122. The van der Waals surface area contributed by atoms with Gasteiger partial charge in [0.1, 0.15) is 10.2 Å². The Balaban J connectivity index is 1.52. The Morgan fingerprint density at radius 1 is 1.36 bits per heavy atom. The molecular formula is C15H14Cl2FN3O. The van der Waals surface area contributed by atoms with Crippen LogP contribution in [0.2, 0.25) is 0 Å². The molecule has 0 bridgehead atoms. The number of hydrogen-bond acceptors (Lipinski definition) is 2. The van der Waals surface area contributed by atoms with E-state index in [-0.39, 0.29) is 17.6 Å². The van der Waals surface area contributed by atoms with Gasteiger partial charge in [0.2, 0.25) is 5.91 Å². The van der Waals surface area contributed by atoms with Crippen LogP contribution in [0.4, 0.5) is 4.39 Å². The van der Waals surface area contributed by atoms with Crippen molar-refractivity contribution in [3.63, 3.8) is 0 Å². The molecule has 1 aromatic carbocycles. The molecule has 1 atom stereocenters. The van der Waals surface area contributed by atoms with Crippen LogP contribution < -0.4 is 5.32 Å². The van der Waals surface area contributed by atoms with E-state index in [0.717, 1.165) is 11.4 Å². The molecule has 1 amide bonds. The Labute approximate surface area is 137 Å². The highest BCUT2D eigenvalue weighted by Crippen LogP contribution is 2.53. The van der Waals surface area contributed by atoms with Gasteiger partial charge in [-0.1, -0.05) is 0 Å². The Morgan fingerprint density at radius 2 is 2.05 bits per heavy atom. The zero-order chi connectivity index (χ0) is 15.7. The molecule has 0 spiro atoms. The van der Waals surface area contributed by atoms with E-state index in [1.807, 2.05) is 6.07 Å². The molecule has 1 aliphatic carbocycles. The van der Waals surface area contributed by atoms with Crippen LogP contribution in [0.1, 0.15) is 12.1 Å². The van der Waals surface area contributed by atoms with Gasteiger partial charge in [0.05, 0.1) is 17.3 Å². The van der Waals surface area contributed by atoms with Crippen LogP contribution in [0, 0.1) is 11.7 Å². The molecule has 1 fully saturated rings. The van der Waals surface area contributed by atoms with Gasteiger partial charge in [0, 0.05) is 19.2 Å². The van der Waals surface area contributed by atoms with Crippen molar-refractivity contribution in [1.29, 1.82) is 0 Å². The molecule has 7 heteroatoms. The monoisotopic (exact) mass is 341 g/mol. The summed E-state index contributed by atoms with van der Waals surface area (Å²) in [5, 5.41) is 7.19. The number of nitrogens with zero attached hydrogens (tertiary/aromatic N) is 2. The largest absolute Gasteiger partial charge is 0.355 e. The number of aromatic nitrogens is 2. The molecule has 22 heavy (non-hydrogen) atoms. The lowest BCUT2D eigenvalue weighted by Gasteiger charge is -2.04. The van der Waals surface area contributed by atoms with Crippen LogP contribution in [0.5, 0.6) is 0 Å². The normalized spacial score (nSPS) is 19.0. The van der Waals surface area contributed by atoms with Crippen LogP contribution >= 0.6 is 23.2 Å². The van der Waals surface area contributed by atoms with Crippen molar-refractivity contribution >= 4 is 29.1 Å². The first-order valence-electron chi connectivity index (χ1n) is 6.92. The summed E-state index contributed by atoms with van der Waals surface area (Å²) in [6.07, 6.45) is 2.90. The number of nitrogens with one attached hydrogen (secondary N) is 1. The zero-order valence-corrected chi connectivity index (χ0v) is 13.1. The number of halogens is 3. The summed E-state index contributed by atoms with van der Waals surface area (Å²) in [7, 11) is 0. The maximum Gasteiger partial charge on any atom is 0.226 e. The first kappa shape index (κ1) is 15.3. The molecule has 0 saturated heterocycles. The van der Waals surface area contributed by atoms with E-state index in [1.165, 1.54) is 12.1 Å². The summed E-state index contributed by atoms with van der Waals surface area (Å²) in [5.74, 6) is -0.718. The molecule has 1 N–H and O–H groups in total. The summed E-state index contributed by atoms with van der Waals surface area (Å²) in [6.45, 7) is 0.472. The molecule has 0 unspecified atom stereocenters. The van der Waals surface area contributed by atoms with Crippen LogP contribution in [0.15, 0.2) is 36.5 Å². The fourth-order valence-electron chi connectivity index (χ4n) is 2.17. The second-order valence-electron chi connectivity index (χ2n) is 5.29. The summed E-state index contributed by atoms with van der Waals surface area (Å²) in [4.78, 5) is 11.7. The van der Waals surface area contributed by atoms with Gasteiger partial charge in [-0.3, -0.25) is 4.79 Å². The maximum atomic E-state index is 12.9. The van der Waals surface area contributed by atoms with Crippen molar-refractivity contribution in [2.75, 3.05) is 6.54 Å². The summed E-state index contributed by atoms with van der Waals surface area (Å²) in [6, 6.07) is 7.94. The molecular weight excluding hydrogens is 328 g/mol. The van der Waals surface area contributed by atoms with Gasteiger partial charge in [-0.05, 0) is 36.8 Å². The van der Waals surface area contributed by atoms with Crippen LogP contribution in [-0.4, -0.2) is 26.6 Å².